The Hall–Kier alpha value is -1.32. The van der Waals surface area contributed by atoms with Crippen molar-refractivity contribution in [3.05, 3.63) is 46.2 Å². The van der Waals surface area contributed by atoms with Crippen LogP contribution < -0.4 is 5.32 Å². The zero-order valence-electron chi connectivity index (χ0n) is 11.0. The van der Waals surface area contributed by atoms with Gasteiger partial charge in [0.05, 0.1) is 5.69 Å². The van der Waals surface area contributed by atoms with E-state index in [-0.39, 0.29) is 5.41 Å². The number of nitrogens with one attached hydrogen (secondary N) is 1. The molecule has 0 aliphatic heterocycles. The Morgan fingerprint density at radius 2 is 1.63 bits per heavy atom. The summed E-state index contributed by atoms with van der Waals surface area (Å²) in [5, 5.41) is 11.2. The van der Waals surface area contributed by atoms with E-state index in [4.69, 9.17) is 23.2 Å². The van der Waals surface area contributed by atoms with Crippen LogP contribution in [0.1, 0.15) is 26.3 Å². The second kappa shape index (κ2) is 5.35. The van der Waals surface area contributed by atoms with Gasteiger partial charge in [0, 0.05) is 11.8 Å². The third kappa shape index (κ3) is 3.58. The first-order chi connectivity index (χ1) is 8.86. The van der Waals surface area contributed by atoms with Crippen molar-refractivity contribution in [1.29, 1.82) is 0 Å². The molecule has 0 spiro atoms. The van der Waals surface area contributed by atoms with E-state index in [1.807, 2.05) is 12.1 Å². The summed E-state index contributed by atoms with van der Waals surface area (Å²) in [6.07, 6.45) is 0. The summed E-state index contributed by atoms with van der Waals surface area (Å²) >= 11 is 11.8. The summed E-state index contributed by atoms with van der Waals surface area (Å²) in [5.41, 5.74) is 2.98. The van der Waals surface area contributed by atoms with Gasteiger partial charge in [-0.3, -0.25) is 0 Å². The monoisotopic (exact) mass is 295 g/mol. The lowest BCUT2D eigenvalue weighted by molar-refractivity contribution is 0.590. The average Bonchev–Trinajstić information content (AvgIpc) is 2.33. The van der Waals surface area contributed by atoms with Crippen molar-refractivity contribution in [1.82, 2.24) is 10.2 Å². The molecule has 19 heavy (non-hydrogen) atoms. The minimum absolute atomic E-state index is 0.137. The Balaban J connectivity index is 2.22. The zero-order chi connectivity index (χ0) is 14.0. The maximum absolute atomic E-state index is 5.96. The standard InChI is InChI=1S/C14H15Cl2N3/c1-14(2,3)9-4-6-10(7-5-9)17-11-8-12(15)18-19-13(11)16/h4-8H,1-3H3,(H,17,18). The predicted octanol–water partition coefficient (Wildman–Crippen LogP) is 4.82. The largest absolute Gasteiger partial charge is 0.353 e. The molecule has 0 aliphatic rings. The molecule has 0 fully saturated rings. The number of anilines is 2. The molecule has 0 aliphatic carbocycles. The van der Waals surface area contributed by atoms with E-state index in [1.54, 1.807) is 6.07 Å². The van der Waals surface area contributed by atoms with Gasteiger partial charge in [0.15, 0.2) is 10.3 Å². The van der Waals surface area contributed by atoms with E-state index in [0.717, 1.165) is 5.69 Å². The molecule has 1 aromatic heterocycles. The molecule has 3 nitrogen and oxygen atoms in total. The lowest BCUT2D eigenvalue weighted by Crippen LogP contribution is -2.10. The highest BCUT2D eigenvalue weighted by Crippen LogP contribution is 2.27. The van der Waals surface area contributed by atoms with Crippen LogP contribution in [0.25, 0.3) is 0 Å². The van der Waals surface area contributed by atoms with E-state index in [1.165, 1.54) is 5.56 Å². The summed E-state index contributed by atoms with van der Waals surface area (Å²) in [7, 11) is 0. The number of nitrogens with zero attached hydrogens (tertiary/aromatic N) is 2. The SMILES string of the molecule is CC(C)(C)c1ccc(Nc2cc(Cl)nnc2Cl)cc1. The van der Waals surface area contributed by atoms with Crippen LogP contribution in [0.4, 0.5) is 11.4 Å². The quantitative estimate of drug-likeness (QED) is 0.863. The molecular weight excluding hydrogens is 281 g/mol. The van der Waals surface area contributed by atoms with Crippen molar-refractivity contribution in [3.63, 3.8) is 0 Å². The Kier molecular flexibility index (Phi) is 3.97. The smallest absolute Gasteiger partial charge is 0.175 e. The summed E-state index contributed by atoms with van der Waals surface area (Å²) in [6.45, 7) is 6.54. The molecule has 0 amide bonds. The van der Waals surface area contributed by atoms with Crippen LogP contribution in [-0.4, -0.2) is 10.2 Å². The van der Waals surface area contributed by atoms with Gasteiger partial charge in [0.2, 0.25) is 0 Å². The van der Waals surface area contributed by atoms with Gasteiger partial charge in [0.25, 0.3) is 0 Å². The van der Waals surface area contributed by atoms with Crippen LogP contribution in [0, 0.1) is 0 Å². The fraction of sp³-hybridized carbons (Fsp3) is 0.286. The zero-order valence-corrected chi connectivity index (χ0v) is 12.5. The lowest BCUT2D eigenvalue weighted by atomic mass is 9.87. The molecule has 0 bridgehead atoms. The molecule has 2 aromatic rings. The fourth-order valence-corrected chi connectivity index (χ4v) is 1.94. The molecule has 1 N–H and O–H groups in total. The van der Waals surface area contributed by atoms with Crippen molar-refractivity contribution in [2.24, 2.45) is 0 Å². The summed E-state index contributed by atoms with van der Waals surface area (Å²) < 4.78 is 0. The molecule has 0 radical (unpaired) electrons. The van der Waals surface area contributed by atoms with Gasteiger partial charge in [-0.1, -0.05) is 56.1 Å². The van der Waals surface area contributed by atoms with Crippen molar-refractivity contribution < 1.29 is 0 Å². The van der Waals surface area contributed by atoms with Gasteiger partial charge >= 0.3 is 0 Å². The molecule has 1 heterocycles. The first-order valence-corrected chi connectivity index (χ1v) is 6.68. The number of benzene rings is 1. The maximum atomic E-state index is 5.96. The molecular formula is C14H15Cl2N3. The number of hydrogen-bond donors (Lipinski definition) is 1. The average molecular weight is 296 g/mol. The first-order valence-electron chi connectivity index (χ1n) is 5.92. The van der Waals surface area contributed by atoms with Crippen LogP contribution in [-0.2, 0) is 5.41 Å². The molecule has 5 heteroatoms. The van der Waals surface area contributed by atoms with Crippen molar-refractivity contribution >= 4 is 34.6 Å². The summed E-state index contributed by atoms with van der Waals surface area (Å²) in [4.78, 5) is 0. The van der Waals surface area contributed by atoms with Gasteiger partial charge in [-0.15, -0.1) is 10.2 Å². The number of rotatable bonds is 2. The van der Waals surface area contributed by atoms with E-state index in [9.17, 15) is 0 Å². The third-order valence-corrected chi connectivity index (χ3v) is 3.21. The van der Waals surface area contributed by atoms with Crippen LogP contribution in [0.3, 0.4) is 0 Å². The minimum atomic E-state index is 0.137. The van der Waals surface area contributed by atoms with E-state index in [0.29, 0.717) is 16.0 Å². The van der Waals surface area contributed by atoms with Gasteiger partial charge < -0.3 is 5.32 Å². The number of aromatic nitrogens is 2. The van der Waals surface area contributed by atoms with Crippen molar-refractivity contribution in [2.75, 3.05) is 5.32 Å². The highest BCUT2D eigenvalue weighted by Gasteiger charge is 2.13. The Bertz CT molecular complexity index is 574. The molecule has 0 unspecified atom stereocenters. The molecule has 100 valence electrons. The van der Waals surface area contributed by atoms with Gasteiger partial charge in [0.1, 0.15) is 0 Å². The predicted molar refractivity (Wildman–Crippen MR) is 80.5 cm³/mol. The molecule has 0 saturated heterocycles. The Morgan fingerprint density at radius 3 is 2.21 bits per heavy atom. The number of halogens is 2. The number of hydrogen-bond acceptors (Lipinski definition) is 3. The fourth-order valence-electron chi connectivity index (χ4n) is 1.65. The Morgan fingerprint density at radius 1 is 1.00 bits per heavy atom. The highest BCUT2D eigenvalue weighted by molar-refractivity contribution is 6.33. The first kappa shape index (κ1) is 14.1. The minimum Gasteiger partial charge on any atom is -0.353 e. The second-order valence-electron chi connectivity index (χ2n) is 5.32. The summed E-state index contributed by atoms with van der Waals surface area (Å²) in [6, 6.07) is 9.84. The third-order valence-electron chi connectivity index (χ3n) is 2.75. The van der Waals surface area contributed by atoms with E-state index < -0.39 is 0 Å². The topological polar surface area (TPSA) is 37.8 Å². The molecule has 0 atom stereocenters. The van der Waals surface area contributed by atoms with E-state index in [2.05, 4.69) is 48.4 Å². The highest BCUT2D eigenvalue weighted by atomic mass is 35.5. The van der Waals surface area contributed by atoms with Crippen LogP contribution in [0.2, 0.25) is 10.3 Å². The molecule has 1 aromatic carbocycles. The van der Waals surface area contributed by atoms with Crippen molar-refractivity contribution in [2.45, 2.75) is 26.2 Å². The summed E-state index contributed by atoms with van der Waals surface area (Å²) in [5.74, 6) is 0. The van der Waals surface area contributed by atoms with E-state index >= 15 is 0 Å². The second-order valence-corrected chi connectivity index (χ2v) is 6.07. The van der Waals surface area contributed by atoms with Crippen LogP contribution in [0.5, 0.6) is 0 Å². The maximum Gasteiger partial charge on any atom is 0.175 e. The van der Waals surface area contributed by atoms with Crippen molar-refractivity contribution in [3.8, 4) is 0 Å². The molecule has 2 rings (SSSR count). The van der Waals surface area contributed by atoms with Crippen LogP contribution >= 0.6 is 23.2 Å². The van der Waals surface area contributed by atoms with Gasteiger partial charge in [-0.2, -0.15) is 0 Å². The van der Waals surface area contributed by atoms with Gasteiger partial charge in [-0.05, 0) is 23.1 Å². The Labute approximate surface area is 123 Å². The lowest BCUT2D eigenvalue weighted by Gasteiger charge is -2.19. The van der Waals surface area contributed by atoms with Crippen LogP contribution in [0.15, 0.2) is 30.3 Å². The van der Waals surface area contributed by atoms with Gasteiger partial charge in [-0.25, -0.2) is 0 Å². The molecule has 0 saturated carbocycles. The normalized spacial score (nSPS) is 11.4.